The summed E-state index contributed by atoms with van der Waals surface area (Å²) in [6, 6.07) is 0.432. The first kappa shape index (κ1) is 8.53. The van der Waals surface area contributed by atoms with Crippen LogP contribution in [-0.2, 0) is 4.79 Å². The zero-order chi connectivity index (χ0) is 8.65. The van der Waals surface area contributed by atoms with Gasteiger partial charge in [0.1, 0.15) is 5.54 Å². The van der Waals surface area contributed by atoms with E-state index in [9.17, 15) is 4.79 Å². The molecule has 1 heterocycles. The van der Waals surface area contributed by atoms with Crippen molar-refractivity contribution < 1.29 is 9.90 Å². The van der Waals surface area contributed by atoms with Crippen LogP contribution in [0.1, 0.15) is 27.2 Å². The molecule has 0 aromatic heterocycles. The van der Waals surface area contributed by atoms with Gasteiger partial charge < -0.3 is 5.11 Å². The number of carboxylic acid groups (broad SMARTS) is 1. The van der Waals surface area contributed by atoms with Crippen molar-refractivity contribution in [3.63, 3.8) is 0 Å². The van der Waals surface area contributed by atoms with Crippen molar-refractivity contribution in [1.29, 1.82) is 0 Å². The number of hydrogen-bond acceptors (Lipinski definition) is 2. The van der Waals surface area contributed by atoms with Crippen LogP contribution in [0.3, 0.4) is 0 Å². The molecule has 1 rings (SSSR count). The van der Waals surface area contributed by atoms with Gasteiger partial charge >= 0.3 is 5.97 Å². The minimum atomic E-state index is -0.732. The zero-order valence-corrected chi connectivity index (χ0v) is 7.29. The van der Waals surface area contributed by atoms with Gasteiger partial charge in [0.25, 0.3) is 0 Å². The maximum atomic E-state index is 10.8. The fourth-order valence-corrected chi connectivity index (χ4v) is 1.47. The van der Waals surface area contributed by atoms with Crippen LogP contribution < -0.4 is 0 Å². The highest BCUT2D eigenvalue weighted by Crippen LogP contribution is 2.27. The van der Waals surface area contributed by atoms with Crippen LogP contribution >= 0.6 is 0 Å². The summed E-state index contributed by atoms with van der Waals surface area (Å²) in [5, 5.41) is 8.85. The normalized spacial score (nSPS) is 26.3. The molecule has 0 bridgehead atoms. The Kier molecular flexibility index (Phi) is 1.92. The van der Waals surface area contributed by atoms with Gasteiger partial charge in [-0.15, -0.1) is 0 Å². The molecule has 0 aromatic carbocycles. The van der Waals surface area contributed by atoms with Gasteiger partial charge in [0.2, 0.25) is 0 Å². The maximum absolute atomic E-state index is 10.8. The topological polar surface area (TPSA) is 40.5 Å². The van der Waals surface area contributed by atoms with E-state index in [0.29, 0.717) is 6.04 Å². The second kappa shape index (κ2) is 2.48. The van der Waals surface area contributed by atoms with Gasteiger partial charge in [-0.1, -0.05) is 0 Å². The zero-order valence-electron chi connectivity index (χ0n) is 7.29. The van der Waals surface area contributed by atoms with Gasteiger partial charge in [-0.25, -0.2) is 0 Å². The third-order valence-corrected chi connectivity index (χ3v) is 2.56. The summed E-state index contributed by atoms with van der Waals surface area (Å²) in [5.74, 6) is -0.732. The lowest BCUT2D eigenvalue weighted by atomic mass is 9.93. The molecule has 0 saturated carbocycles. The van der Waals surface area contributed by atoms with Crippen LogP contribution in [0, 0.1) is 0 Å². The summed E-state index contributed by atoms with van der Waals surface area (Å²) in [4.78, 5) is 12.8. The number of nitrogens with zero attached hydrogens (tertiary/aromatic N) is 1. The van der Waals surface area contributed by atoms with Gasteiger partial charge in [-0.2, -0.15) is 0 Å². The molecule has 0 aliphatic carbocycles. The Morgan fingerprint density at radius 1 is 1.64 bits per heavy atom. The smallest absolute Gasteiger partial charge is 0.323 e. The maximum Gasteiger partial charge on any atom is 0.323 e. The molecular weight excluding hydrogens is 142 g/mol. The standard InChI is InChI=1S/C8H15NO2/c1-6-4-5-9(6)8(2,3)7(10)11/h6H,4-5H2,1-3H3,(H,10,11). The lowest BCUT2D eigenvalue weighted by Crippen LogP contribution is -2.60. The van der Waals surface area contributed by atoms with Crippen LogP contribution in [0.15, 0.2) is 0 Å². The van der Waals surface area contributed by atoms with Crippen LogP contribution in [0.2, 0.25) is 0 Å². The number of carbonyl (C=O) groups is 1. The molecule has 1 aliphatic heterocycles. The minimum Gasteiger partial charge on any atom is -0.480 e. The molecular formula is C8H15NO2. The molecule has 64 valence electrons. The lowest BCUT2D eigenvalue weighted by molar-refractivity contribution is -0.154. The summed E-state index contributed by atoms with van der Waals surface area (Å²) >= 11 is 0. The van der Waals surface area contributed by atoms with Crippen LogP contribution in [0.4, 0.5) is 0 Å². The number of likely N-dealkylation sites (tertiary alicyclic amines) is 1. The van der Waals surface area contributed by atoms with Gasteiger partial charge in [0, 0.05) is 12.6 Å². The number of rotatable bonds is 2. The van der Waals surface area contributed by atoms with E-state index < -0.39 is 11.5 Å². The van der Waals surface area contributed by atoms with Gasteiger partial charge in [-0.05, 0) is 27.2 Å². The van der Waals surface area contributed by atoms with E-state index in [1.807, 2.05) is 4.90 Å². The van der Waals surface area contributed by atoms with Gasteiger partial charge in [0.05, 0.1) is 0 Å². The van der Waals surface area contributed by atoms with Crippen molar-refractivity contribution >= 4 is 5.97 Å². The first-order chi connectivity index (χ1) is 4.96. The molecule has 3 heteroatoms. The van der Waals surface area contributed by atoms with Crippen LogP contribution in [0.25, 0.3) is 0 Å². The van der Waals surface area contributed by atoms with E-state index in [1.54, 1.807) is 13.8 Å². The summed E-state index contributed by atoms with van der Waals surface area (Å²) < 4.78 is 0. The fraction of sp³-hybridized carbons (Fsp3) is 0.875. The summed E-state index contributed by atoms with van der Waals surface area (Å²) in [6.07, 6.45) is 1.12. The molecule has 0 radical (unpaired) electrons. The summed E-state index contributed by atoms with van der Waals surface area (Å²) in [6.45, 7) is 6.49. The second-order valence-electron chi connectivity index (χ2n) is 3.70. The van der Waals surface area contributed by atoms with Crippen molar-refractivity contribution in [2.45, 2.75) is 38.8 Å². The third kappa shape index (κ3) is 1.25. The van der Waals surface area contributed by atoms with Gasteiger partial charge in [0.15, 0.2) is 0 Å². The molecule has 1 unspecified atom stereocenters. The van der Waals surface area contributed by atoms with Crippen molar-refractivity contribution in [2.24, 2.45) is 0 Å². The highest BCUT2D eigenvalue weighted by atomic mass is 16.4. The fourth-order valence-electron chi connectivity index (χ4n) is 1.47. The first-order valence-corrected chi connectivity index (χ1v) is 3.96. The molecule has 3 nitrogen and oxygen atoms in total. The molecule has 1 fully saturated rings. The van der Waals surface area contributed by atoms with Crippen molar-refractivity contribution in [3.05, 3.63) is 0 Å². The van der Waals surface area contributed by atoms with E-state index in [0.717, 1.165) is 13.0 Å². The summed E-state index contributed by atoms with van der Waals surface area (Å²) in [5.41, 5.74) is -0.683. The Bertz CT molecular complexity index is 177. The summed E-state index contributed by atoms with van der Waals surface area (Å²) in [7, 11) is 0. The predicted molar refractivity (Wildman–Crippen MR) is 42.5 cm³/mol. The lowest BCUT2D eigenvalue weighted by Gasteiger charge is -2.47. The average molecular weight is 157 g/mol. The Labute approximate surface area is 67.0 Å². The average Bonchev–Trinajstić information content (AvgIpc) is 1.83. The molecule has 1 aliphatic rings. The SMILES string of the molecule is CC1CCN1C(C)(C)C(=O)O. The monoisotopic (exact) mass is 157 g/mol. The van der Waals surface area contributed by atoms with Crippen LogP contribution in [-0.4, -0.2) is 34.1 Å². The number of aliphatic carboxylic acids is 1. The number of carboxylic acids is 1. The van der Waals surface area contributed by atoms with E-state index in [-0.39, 0.29) is 0 Å². The first-order valence-electron chi connectivity index (χ1n) is 3.96. The molecule has 1 atom stereocenters. The van der Waals surface area contributed by atoms with Crippen LogP contribution in [0.5, 0.6) is 0 Å². The highest BCUT2D eigenvalue weighted by Gasteiger charge is 2.41. The predicted octanol–water partition coefficient (Wildman–Crippen LogP) is 0.944. The Morgan fingerprint density at radius 3 is 2.27 bits per heavy atom. The Hall–Kier alpha value is -0.570. The Morgan fingerprint density at radius 2 is 2.18 bits per heavy atom. The molecule has 1 saturated heterocycles. The highest BCUT2D eigenvalue weighted by molar-refractivity contribution is 5.77. The van der Waals surface area contributed by atoms with E-state index >= 15 is 0 Å². The van der Waals surface area contributed by atoms with Crippen molar-refractivity contribution in [2.75, 3.05) is 6.54 Å². The van der Waals surface area contributed by atoms with Gasteiger partial charge in [-0.3, -0.25) is 9.69 Å². The van der Waals surface area contributed by atoms with E-state index in [2.05, 4.69) is 6.92 Å². The quantitative estimate of drug-likeness (QED) is 0.648. The van der Waals surface area contributed by atoms with Crippen molar-refractivity contribution in [1.82, 2.24) is 4.90 Å². The largest absolute Gasteiger partial charge is 0.480 e. The second-order valence-corrected chi connectivity index (χ2v) is 3.70. The molecule has 1 N–H and O–H groups in total. The van der Waals surface area contributed by atoms with E-state index in [4.69, 9.17) is 5.11 Å². The third-order valence-electron chi connectivity index (χ3n) is 2.56. The minimum absolute atomic E-state index is 0.432. The Balaban J connectivity index is 2.64. The van der Waals surface area contributed by atoms with Crippen molar-refractivity contribution in [3.8, 4) is 0 Å². The molecule has 0 spiro atoms. The number of hydrogen-bond donors (Lipinski definition) is 1. The molecule has 0 aromatic rings. The van der Waals surface area contributed by atoms with E-state index in [1.165, 1.54) is 0 Å². The molecule has 0 amide bonds. The molecule has 11 heavy (non-hydrogen) atoms.